The van der Waals surface area contributed by atoms with Gasteiger partial charge in [-0.25, -0.2) is 5.43 Å². The number of benzene rings is 2. The molecule has 0 heterocycles. The van der Waals surface area contributed by atoms with E-state index in [0.717, 1.165) is 0 Å². The first-order chi connectivity index (χ1) is 13.1. The molecule has 2 amide bonds. The van der Waals surface area contributed by atoms with Gasteiger partial charge in [-0.1, -0.05) is 0 Å². The molecule has 0 unspecified atom stereocenters. The van der Waals surface area contributed by atoms with Crippen molar-refractivity contribution in [3.63, 3.8) is 0 Å². The highest BCUT2D eigenvalue weighted by Gasteiger charge is 2.13. The molecule has 142 valence electrons. The van der Waals surface area contributed by atoms with E-state index in [1.165, 1.54) is 13.3 Å². The van der Waals surface area contributed by atoms with E-state index in [4.69, 9.17) is 14.2 Å². The van der Waals surface area contributed by atoms with Gasteiger partial charge in [0.15, 0.2) is 11.5 Å². The second-order valence-electron chi connectivity index (χ2n) is 5.23. The van der Waals surface area contributed by atoms with E-state index in [1.807, 2.05) is 6.92 Å². The summed E-state index contributed by atoms with van der Waals surface area (Å²) in [5.41, 5.74) is 3.31. The summed E-state index contributed by atoms with van der Waals surface area (Å²) in [5, 5.41) is 6.25. The summed E-state index contributed by atoms with van der Waals surface area (Å²) in [5.74, 6) is 0.0822. The minimum Gasteiger partial charge on any atom is -0.497 e. The van der Waals surface area contributed by atoms with Crippen LogP contribution in [0, 0.1) is 0 Å². The fourth-order valence-corrected chi connectivity index (χ4v) is 2.12. The van der Waals surface area contributed by atoms with Crippen LogP contribution in [0.2, 0.25) is 0 Å². The van der Waals surface area contributed by atoms with E-state index < -0.39 is 11.8 Å². The second kappa shape index (κ2) is 9.81. The number of amides is 2. The quantitative estimate of drug-likeness (QED) is 0.442. The van der Waals surface area contributed by atoms with Gasteiger partial charge >= 0.3 is 11.8 Å². The van der Waals surface area contributed by atoms with E-state index in [-0.39, 0.29) is 0 Å². The standard InChI is InChI=1S/C19H21N3O5/c1-4-27-16-10-5-13(11-17(16)26-3)12-20-22-19(24)18(23)21-14-6-8-15(25-2)9-7-14/h5-12H,4H2,1-3H3,(H,21,23)(H,22,24)/b20-12+. The number of nitrogens with zero attached hydrogens (tertiary/aromatic N) is 1. The number of rotatable bonds is 7. The van der Waals surface area contributed by atoms with E-state index >= 15 is 0 Å². The van der Waals surface area contributed by atoms with Crippen LogP contribution in [0.15, 0.2) is 47.6 Å². The average molecular weight is 371 g/mol. The number of nitrogens with one attached hydrogen (secondary N) is 2. The molecule has 0 saturated heterocycles. The van der Waals surface area contributed by atoms with Gasteiger partial charge in [-0.2, -0.15) is 5.10 Å². The molecule has 0 radical (unpaired) electrons. The summed E-state index contributed by atoms with van der Waals surface area (Å²) in [7, 11) is 3.07. The van der Waals surface area contributed by atoms with Crippen LogP contribution in [-0.4, -0.2) is 38.9 Å². The zero-order chi connectivity index (χ0) is 19.6. The van der Waals surface area contributed by atoms with Crippen molar-refractivity contribution in [3.8, 4) is 17.2 Å². The summed E-state index contributed by atoms with van der Waals surface area (Å²) < 4.78 is 15.7. The first-order valence-corrected chi connectivity index (χ1v) is 8.16. The largest absolute Gasteiger partial charge is 0.497 e. The molecular formula is C19H21N3O5. The predicted octanol–water partition coefficient (Wildman–Crippen LogP) is 2.19. The smallest absolute Gasteiger partial charge is 0.329 e. The number of anilines is 1. The molecule has 2 aromatic rings. The maximum Gasteiger partial charge on any atom is 0.329 e. The Hall–Kier alpha value is -3.55. The Balaban J connectivity index is 1.92. The van der Waals surface area contributed by atoms with Crippen molar-refractivity contribution in [2.75, 3.05) is 26.1 Å². The number of hydrazone groups is 1. The highest BCUT2D eigenvalue weighted by atomic mass is 16.5. The summed E-state index contributed by atoms with van der Waals surface area (Å²) in [4.78, 5) is 23.7. The van der Waals surface area contributed by atoms with Gasteiger partial charge in [-0.3, -0.25) is 9.59 Å². The molecule has 0 aliphatic rings. The van der Waals surface area contributed by atoms with Crippen LogP contribution in [0.5, 0.6) is 17.2 Å². The molecule has 2 N–H and O–H groups in total. The highest BCUT2D eigenvalue weighted by Crippen LogP contribution is 2.27. The van der Waals surface area contributed by atoms with Gasteiger partial charge in [-0.15, -0.1) is 0 Å². The van der Waals surface area contributed by atoms with Crippen molar-refractivity contribution in [1.82, 2.24) is 5.43 Å². The number of methoxy groups -OCH3 is 2. The molecule has 8 nitrogen and oxygen atoms in total. The molecule has 0 aliphatic heterocycles. The van der Waals surface area contributed by atoms with Crippen LogP contribution in [0.25, 0.3) is 0 Å². The normalized spacial score (nSPS) is 10.3. The molecule has 27 heavy (non-hydrogen) atoms. The first-order valence-electron chi connectivity index (χ1n) is 8.16. The third-order valence-electron chi connectivity index (χ3n) is 3.42. The third-order valence-corrected chi connectivity index (χ3v) is 3.42. The van der Waals surface area contributed by atoms with Crippen molar-refractivity contribution in [2.24, 2.45) is 5.10 Å². The number of carbonyl (C=O) groups excluding carboxylic acids is 2. The fourth-order valence-electron chi connectivity index (χ4n) is 2.12. The van der Waals surface area contributed by atoms with Crippen LogP contribution < -0.4 is 25.0 Å². The van der Waals surface area contributed by atoms with Gasteiger partial charge in [-0.05, 0) is 55.0 Å². The zero-order valence-electron chi connectivity index (χ0n) is 15.3. The van der Waals surface area contributed by atoms with Crippen molar-refractivity contribution >= 4 is 23.7 Å². The Kier molecular flexibility index (Phi) is 7.18. The summed E-state index contributed by atoms with van der Waals surface area (Å²) in [6.45, 7) is 2.39. The first kappa shape index (κ1) is 19.8. The molecule has 0 saturated carbocycles. The lowest BCUT2D eigenvalue weighted by molar-refractivity contribution is -0.136. The zero-order valence-corrected chi connectivity index (χ0v) is 15.3. The van der Waals surface area contributed by atoms with Crippen molar-refractivity contribution in [1.29, 1.82) is 0 Å². The fraction of sp³-hybridized carbons (Fsp3) is 0.211. The maximum absolute atomic E-state index is 11.9. The molecule has 0 aromatic heterocycles. The molecule has 0 aliphatic carbocycles. The highest BCUT2D eigenvalue weighted by molar-refractivity contribution is 6.39. The number of carbonyl (C=O) groups is 2. The van der Waals surface area contributed by atoms with Crippen LogP contribution in [0.1, 0.15) is 12.5 Å². The van der Waals surface area contributed by atoms with Crippen LogP contribution in [-0.2, 0) is 9.59 Å². The molecule has 0 fully saturated rings. The van der Waals surface area contributed by atoms with Crippen molar-refractivity contribution < 1.29 is 23.8 Å². The molecule has 8 heteroatoms. The second-order valence-corrected chi connectivity index (χ2v) is 5.23. The van der Waals surface area contributed by atoms with E-state index in [1.54, 1.807) is 49.6 Å². The Morgan fingerprint density at radius 3 is 2.37 bits per heavy atom. The Morgan fingerprint density at radius 1 is 1.00 bits per heavy atom. The van der Waals surface area contributed by atoms with Crippen LogP contribution >= 0.6 is 0 Å². The summed E-state index contributed by atoms with van der Waals surface area (Å²) in [6.07, 6.45) is 1.40. The number of hydrogen-bond donors (Lipinski definition) is 2. The van der Waals surface area contributed by atoms with Gasteiger partial charge in [0.25, 0.3) is 0 Å². The van der Waals surface area contributed by atoms with Gasteiger partial charge in [0.05, 0.1) is 27.0 Å². The van der Waals surface area contributed by atoms with Crippen LogP contribution in [0.4, 0.5) is 5.69 Å². The van der Waals surface area contributed by atoms with Gasteiger partial charge in [0.1, 0.15) is 5.75 Å². The summed E-state index contributed by atoms with van der Waals surface area (Å²) in [6, 6.07) is 11.8. The molecule has 0 atom stereocenters. The molecule has 0 bridgehead atoms. The lowest BCUT2D eigenvalue weighted by Gasteiger charge is -2.09. The minimum absolute atomic E-state index is 0.469. The van der Waals surface area contributed by atoms with Crippen LogP contribution in [0.3, 0.4) is 0 Å². The predicted molar refractivity (Wildman–Crippen MR) is 102 cm³/mol. The lowest BCUT2D eigenvalue weighted by atomic mass is 10.2. The molecular weight excluding hydrogens is 350 g/mol. The monoisotopic (exact) mass is 371 g/mol. The molecule has 2 rings (SSSR count). The van der Waals surface area contributed by atoms with Gasteiger partial charge in [0.2, 0.25) is 0 Å². The maximum atomic E-state index is 11.9. The van der Waals surface area contributed by atoms with E-state index in [2.05, 4.69) is 15.8 Å². The number of ether oxygens (including phenoxy) is 3. The van der Waals surface area contributed by atoms with Gasteiger partial charge in [0, 0.05) is 5.69 Å². The Bertz CT molecular complexity index is 819. The molecule has 0 spiro atoms. The number of hydrogen-bond acceptors (Lipinski definition) is 6. The summed E-state index contributed by atoms with van der Waals surface area (Å²) >= 11 is 0. The minimum atomic E-state index is -0.889. The van der Waals surface area contributed by atoms with Crippen molar-refractivity contribution in [3.05, 3.63) is 48.0 Å². The lowest BCUT2D eigenvalue weighted by Crippen LogP contribution is -2.32. The van der Waals surface area contributed by atoms with Crippen molar-refractivity contribution in [2.45, 2.75) is 6.92 Å². The molecule has 2 aromatic carbocycles. The average Bonchev–Trinajstić information content (AvgIpc) is 2.69. The Morgan fingerprint density at radius 2 is 1.74 bits per heavy atom. The van der Waals surface area contributed by atoms with E-state index in [9.17, 15) is 9.59 Å². The van der Waals surface area contributed by atoms with E-state index in [0.29, 0.717) is 35.1 Å². The third kappa shape index (κ3) is 5.74. The van der Waals surface area contributed by atoms with Gasteiger partial charge < -0.3 is 19.5 Å². The Labute approximate surface area is 157 Å². The SMILES string of the molecule is CCOc1ccc(/C=N/NC(=O)C(=O)Nc2ccc(OC)cc2)cc1OC. The topological polar surface area (TPSA) is 98.2 Å².